The van der Waals surface area contributed by atoms with Gasteiger partial charge in [0.1, 0.15) is 4.21 Å². The number of thiophene rings is 1. The van der Waals surface area contributed by atoms with Crippen LogP contribution in [0, 0.1) is 0 Å². The van der Waals surface area contributed by atoms with E-state index in [4.69, 9.17) is 0 Å². The number of amides is 1. The summed E-state index contributed by atoms with van der Waals surface area (Å²) in [4.78, 5) is 14.7. The van der Waals surface area contributed by atoms with Crippen molar-refractivity contribution in [2.45, 2.75) is 35.8 Å². The van der Waals surface area contributed by atoms with E-state index in [2.05, 4.69) is 0 Å². The van der Waals surface area contributed by atoms with Crippen LogP contribution in [0.25, 0.3) is 0 Å². The van der Waals surface area contributed by atoms with Crippen LogP contribution in [0.1, 0.15) is 25.8 Å². The highest BCUT2D eigenvalue weighted by Gasteiger charge is 2.30. The second-order valence-corrected chi connectivity index (χ2v) is 12.4. The van der Waals surface area contributed by atoms with Crippen molar-refractivity contribution < 1.29 is 21.6 Å². The lowest BCUT2D eigenvalue weighted by atomic mass is 10.0. The first-order valence-corrected chi connectivity index (χ1v) is 13.8. The van der Waals surface area contributed by atoms with Gasteiger partial charge in [0.2, 0.25) is 15.9 Å². The van der Waals surface area contributed by atoms with Crippen LogP contribution in [0.2, 0.25) is 0 Å². The fourth-order valence-electron chi connectivity index (χ4n) is 3.63. The van der Waals surface area contributed by atoms with Gasteiger partial charge in [-0.05, 0) is 48.1 Å². The minimum atomic E-state index is -3.73. The minimum Gasteiger partial charge on any atom is -0.311 e. The molecule has 0 unspecified atom stereocenters. The lowest BCUT2D eigenvalue weighted by Gasteiger charge is -2.31. The van der Waals surface area contributed by atoms with E-state index >= 15 is 0 Å². The minimum absolute atomic E-state index is 0.188. The van der Waals surface area contributed by atoms with E-state index in [1.54, 1.807) is 42.3 Å². The van der Waals surface area contributed by atoms with E-state index in [1.165, 1.54) is 23.5 Å². The van der Waals surface area contributed by atoms with Crippen molar-refractivity contribution in [1.29, 1.82) is 0 Å². The molecule has 0 bridgehead atoms. The number of hydrogen-bond donors (Lipinski definition) is 0. The van der Waals surface area contributed by atoms with Crippen molar-refractivity contribution in [3.63, 3.8) is 0 Å². The molecule has 0 atom stereocenters. The van der Waals surface area contributed by atoms with Gasteiger partial charge >= 0.3 is 0 Å². The molecule has 31 heavy (non-hydrogen) atoms. The number of carbonyl (C=O) groups excluding carboxylic acids is 1. The quantitative estimate of drug-likeness (QED) is 0.572. The summed E-state index contributed by atoms with van der Waals surface area (Å²) in [6.07, 6.45) is 1.33. The number of fused-ring (bicyclic) bond motifs is 1. The topological polar surface area (TPSA) is 95.1 Å². The lowest BCUT2D eigenvalue weighted by molar-refractivity contribution is -0.118. The molecule has 8 nitrogen and oxygen atoms in total. The molecule has 170 valence electrons. The number of anilines is 1. The molecule has 0 saturated carbocycles. The van der Waals surface area contributed by atoms with E-state index in [0.29, 0.717) is 38.2 Å². The summed E-state index contributed by atoms with van der Waals surface area (Å²) in [7, 11) is -5.93. The smallest absolute Gasteiger partial charge is 0.252 e. The molecule has 11 heteroatoms. The molecule has 0 aliphatic carbocycles. The van der Waals surface area contributed by atoms with Crippen LogP contribution in [0.4, 0.5) is 5.69 Å². The van der Waals surface area contributed by atoms with Gasteiger partial charge in [0.15, 0.2) is 0 Å². The van der Waals surface area contributed by atoms with Crippen LogP contribution in [0.15, 0.2) is 44.8 Å². The molecule has 3 rings (SSSR count). The number of sulfonamides is 2. The van der Waals surface area contributed by atoms with E-state index in [-0.39, 0.29) is 21.6 Å². The molecule has 1 aromatic heterocycles. The predicted molar refractivity (Wildman–Crippen MR) is 121 cm³/mol. The molecule has 1 aliphatic heterocycles. The van der Waals surface area contributed by atoms with Gasteiger partial charge in [-0.15, -0.1) is 11.3 Å². The summed E-state index contributed by atoms with van der Waals surface area (Å²) in [5.41, 5.74) is 1.41. The first-order chi connectivity index (χ1) is 14.6. The molecule has 1 aliphatic rings. The standard InChI is InChI=1S/C20H27N3O5S3/c1-4-22(5-2)30(25,26)17-10-11-18-16(14-17)8-6-12-23(18)19(24)15-21(3)31(27,28)20-9-7-13-29-20/h7,9-11,13-14H,4-6,8,12,15H2,1-3H3. The van der Waals surface area contributed by atoms with Gasteiger partial charge in [0, 0.05) is 32.4 Å². The number of carbonyl (C=O) groups is 1. The van der Waals surface area contributed by atoms with Crippen molar-refractivity contribution >= 4 is 43.0 Å². The van der Waals surface area contributed by atoms with Gasteiger partial charge in [-0.2, -0.15) is 8.61 Å². The highest BCUT2D eigenvalue weighted by Crippen LogP contribution is 2.31. The average molecular weight is 486 g/mol. The zero-order chi connectivity index (χ0) is 22.8. The van der Waals surface area contributed by atoms with Crippen LogP contribution >= 0.6 is 11.3 Å². The third kappa shape index (κ3) is 4.70. The van der Waals surface area contributed by atoms with Crippen molar-refractivity contribution in [2.24, 2.45) is 0 Å². The Labute approximate surface area is 188 Å². The normalized spacial score (nSPS) is 14.8. The first-order valence-electron chi connectivity index (χ1n) is 10.1. The third-order valence-electron chi connectivity index (χ3n) is 5.33. The third-order valence-corrected chi connectivity index (χ3v) is 10.6. The van der Waals surface area contributed by atoms with E-state index in [1.807, 2.05) is 0 Å². The number of hydrogen-bond acceptors (Lipinski definition) is 6. The Morgan fingerprint density at radius 3 is 2.42 bits per heavy atom. The summed E-state index contributed by atoms with van der Waals surface area (Å²) in [5, 5.41) is 1.67. The van der Waals surface area contributed by atoms with Gasteiger partial charge < -0.3 is 4.90 Å². The van der Waals surface area contributed by atoms with E-state index < -0.39 is 20.0 Å². The predicted octanol–water partition coefficient (Wildman–Crippen LogP) is 2.38. The van der Waals surface area contributed by atoms with Gasteiger partial charge in [-0.25, -0.2) is 16.8 Å². The van der Waals surface area contributed by atoms with Crippen LogP contribution in [0.5, 0.6) is 0 Å². The molecular formula is C20H27N3O5S3. The Morgan fingerprint density at radius 2 is 1.81 bits per heavy atom. The molecule has 2 aromatic rings. The maximum atomic E-state index is 13.0. The summed E-state index contributed by atoms with van der Waals surface area (Å²) < 4.78 is 53.6. The Bertz CT molecular complexity index is 1140. The summed E-state index contributed by atoms with van der Waals surface area (Å²) >= 11 is 1.10. The summed E-state index contributed by atoms with van der Waals surface area (Å²) in [5.74, 6) is -0.345. The van der Waals surface area contributed by atoms with Crippen molar-refractivity contribution in [2.75, 3.05) is 38.1 Å². The van der Waals surface area contributed by atoms with Crippen molar-refractivity contribution in [3.8, 4) is 0 Å². The summed E-state index contributed by atoms with van der Waals surface area (Å²) in [6.45, 7) is 4.51. The highest BCUT2D eigenvalue weighted by atomic mass is 32.2. The van der Waals surface area contributed by atoms with Crippen LogP contribution in [-0.4, -0.2) is 64.6 Å². The average Bonchev–Trinajstić information content (AvgIpc) is 3.29. The molecule has 1 amide bonds. The van der Waals surface area contributed by atoms with Crippen molar-refractivity contribution in [3.05, 3.63) is 41.3 Å². The molecule has 0 radical (unpaired) electrons. The maximum Gasteiger partial charge on any atom is 0.252 e. The van der Waals surface area contributed by atoms with E-state index in [9.17, 15) is 21.6 Å². The number of likely N-dealkylation sites (N-methyl/N-ethyl adjacent to an activating group) is 1. The molecule has 0 N–H and O–H groups in total. The molecule has 0 saturated heterocycles. The zero-order valence-electron chi connectivity index (χ0n) is 17.8. The highest BCUT2D eigenvalue weighted by molar-refractivity contribution is 7.91. The largest absolute Gasteiger partial charge is 0.311 e. The second-order valence-electron chi connectivity index (χ2n) is 7.22. The van der Waals surface area contributed by atoms with Gasteiger partial charge in [-0.3, -0.25) is 4.79 Å². The van der Waals surface area contributed by atoms with Crippen LogP contribution < -0.4 is 4.90 Å². The number of rotatable bonds is 8. The number of nitrogens with zero attached hydrogens (tertiary/aromatic N) is 3. The molecule has 1 aromatic carbocycles. The fourth-order valence-corrected chi connectivity index (χ4v) is 7.46. The van der Waals surface area contributed by atoms with Gasteiger partial charge in [0.25, 0.3) is 10.0 Å². The number of aryl methyl sites for hydroxylation is 1. The second kappa shape index (κ2) is 9.37. The maximum absolute atomic E-state index is 13.0. The lowest BCUT2D eigenvalue weighted by Crippen LogP contribution is -2.43. The van der Waals surface area contributed by atoms with Crippen molar-refractivity contribution in [1.82, 2.24) is 8.61 Å². The Morgan fingerprint density at radius 1 is 1.10 bits per heavy atom. The Kier molecular flexibility index (Phi) is 7.21. The SMILES string of the molecule is CCN(CC)S(=O)(=O)c1ccc2c(c1)CCCN2C(=O)CN(C)S(=O)(=O)c1cccs1. The number of benzene rings is 1. The molecule has 2 heterocycles. The summed E-state index contributed by atoms with van der Waals surface area (Å²) in [6, 6.07) is 7.96. The van der Waals surface area contributed by atoms with Gasteiger partial charge in [0.05, 0.1) is 11.4 Å². The van der Waals surface area contributed by atoms with Crippen LogP contribution in [-0.2, 0) is 31.3 Å². The van der Waals surface area contributed by atoms with E-state index in [0.717, 1.165) is 21.2 Å². The molecule has 0 fully saturated rings. The monoisotopic (exact) mass is 485 g/mol. The fraction of sp³-hybridized carbons (Fsp3) is 0.450. The zero-order valence-corrected chi connectivity index (χ0v) is 20.3. The van der Waals surface area contributed by atoms with Crippen LogP contribution in [0.3, 0.4) is 0 Å². The molecule has 0 spiro atoms. The Balaban J connectivity index is 1.84. The Hall–Kier alpha value is -1.79. The molecular weight excluding hydrogens is 458 g/mol. The van der Waals surface area contributed by atoms with Gasteiger partial charge in [-0.1, -0.05) is 19.9 Å². The first kappa shape index (κ1) is 23.9.